The molecule has 2 amide bonds. The first-order valence-electron chi connectivity index (χ1n) is 11.5. The molecule has 0 radical (unpaired) electrons. The molecule has 0 saturated heterocycles. The van der Waals surface area contributed by atoms with Crippen molar-refractivity contribution in [2.45, 2.75) is 37.8 Å². The molecule has 180 valence electrons. The fraction of sp³-hybridized carbons (Fsp3) is 0.308. The molecule has 1 unspecified atom stereocenters. The molecule has 3 aromatic rings. The minimum Gasteiger partial charge on any atom is -0.480 e. The average Bonchev–Trinajstić information content (AvgIpc) is 3.54. The number of nitrogens with one attached hydrogen (secondary N) is 2. The van der Waals surface area contributed by atoms with Crippen LogP contribution in [-0.4, -0.2) is 45.0 Å². The van der Waals surface area contributed by atoms with Crippen molar-refractivity contribution in [2.24, 2.45) is 5.92 Å². The van der Waals surface area contributed by atoms with Gasteiger partial charge in [0.15, 0.2) is 0 Å². The first-order chi connectivity index (χ1) is 16.8. The maximum absolute atomic E-state index is 12.5. The molecule has 0 aliphatic heterocycles. The summed E-state index contributed by atoms with van der Waals surface area (Å²) in [5.41, 5.74) is 3.64. The van der Waals surface area contributed by atoms with E-state index in [1.54, 1.807) is 0 Å². The second kappa shape index (κ2) is 8.90. The Labute approximate surface area is 202 Å². The molecule has 35 heavy (non-hydrogen) atoms. The quantitative estimate of drug-likeness (QED) is 0.458. The molecule has 1 atom stereocenters. The monoisotopic (exact) mass is 474 g/mol. The molecule has 2 aliphatic rings. The molecule has 0 bridgehead atoms. The van der Waals surface area contributed by atoms with Gasteiger partial charge in [0, 0.05) is 12.1 Å². The summed E-state index contributed by atoms with van der Waals surface area (Å²) >= 11 is 0. The summed E-state index contributed by atoms with van der Waals surface area (Å²) in [6.07, 6.45) is 3.84. The van der Waals surface area contributed by atoms with Crippen LogP contribution in [-0.2, 0) is 20.9 Å². The van der Waals surface area contributed by atoms with Gasteiger partial charge in [-0.25, -0.2) is 9.59 Å². The highest BCUT2D eigenvalue weighted by molar-refractivity contribution is 5.87. The number of aliphatic carboxylic acids is 1. The molecule has 1 heterocycles. The predicted octanol–water partition coefficient (Wildman–Crippen LogP) is 3.61. The highest BCUT2D eigenvalue weighted by atomic mass is 16.5. The van der Waals surface area contributed by atoms with Crippen LogP contribution in [0.2, 0.25) is 0 Å². The Hall–Kier alpha value is -4.14. The number of carboxylic acids is 1. The Kier molecular flexibility index (Phi) is 5.76. The van der Waals surface area contributed by atoms with Gasteiger partial charge in [-0.3, -0.25) is 14.8 Å². The normalized spacial score (nSPS) is 16.0. The highest BCUT2D eigenvalue weighted by Crippen LogP contribution is 2.44. The van der Waals surface area contributed by atoms with E-state index in [1.807, 2.05) is 24.3 Å². The molecular weight excluding hydrogens is 448 g/mol. The number of carboxylic acid groups (broad SMARTS) is 1. The lowest BCUT2D eigenvalue weighted by Crippen LogP contribution is -2.54. The van der Waals surface area contributed by atoms with Crippen molar-refractivity contribution in [3.05, 3.63) is 72.1 Å². The third-order valence-corrected chi connectivity index (χ3v) is 6.77. The summed E-state index contributed by atoms with van der Waals surface area (Å²) in [6, 6.07) is 16.2. The van der Waals surface area contributed by atoms with Crippen LogP contribution in [0.3, 0.4) is 0 Å². The fourth-order valence-electron chi connectivity index (χ4n) is 4.73. The van der Waals surface area contributed by atoms with Gasteiger partial charge in [-0.05, 0) is 47.9 Å². The van der Waals surface area contributed by atoms with E-state index in [0.717, 1.165) is 35.1 Å². The van der Waals surface area contributed by atoms with Crippen LogP contribution in [0.4, 0.5) is 10.5 Å². The Morgan fingerprint density at radius 3 is 2.31 bits per heavy atom. The third kappa shape index (κ3) is 4.49. The molecule has 2 aromatic carbocycles. The van der Waals surface area contributed by atoms with Crippen molar-refractivity contribution >= 4 is 23.7 Å². The van der Waals surface area contributed by atoms with Crippen molar-refractivity contribution in [1.82, 2.24) is 15.1 Å². The van der Waals surface area contributed by atoms with Gasteiger partial charge in [0.25, 0.3) is 0 Å². The van der Waals surface area contributed by atoms with Crippen LogP contribution in [0.25, 0.3) is 11.1 Å². The topological polar surface area (TPSA) is 123 Å². The number of rotatable bonds is 8. The van der Waals surface area contributed by atoms with E-state index in [2.05, 4.69) is 40.0 Å². The van der Waals surface area contributed by atoms with E-state index >= 15 is 0 Å². The van der Waals surface area contributed by atoms with Gasteiger partial charge in [-0.15, -0.1) is 0 Å². The fourth-order valence-corrected chi connectivity index (χ4v) is 4.73. The third-order valence-electron chi connectivity index (χ3n) is 6.77. The predicted molar refractivity (Wildman–Crippen MR) is 128 cm³/mol. The molecule has 5 rings (SSSR count). The van der Waals surface area contributed by atoms with Crippen molar-refractivity contribution < 1.29 is 24.2 Å². The minimum absolute atomic E-state index is 0.0467. The number of nitrogens with zero attached hydrogens (tertiary/aromatic N) is 2. The highest BCUT2D eigenvalue weighted by Gasteiger charge is 2.48. The number of hydrogen-bond donors (Lipinski definition) is 3. The zero-order valence-electron chi connectivity index (χ0n) is 19.2. The molecule has 1 aromatic heterocycles. The largest absolute Gasteiger partial charge is 0.480 e. The number of anilines is 1. The molecule has 2 aliphatic carbocycles. The molecule has 3 N–H and O–H groups in total. The minimum atomic E-state index is -1.29. The van der Waals surface area contributed by atoms with E-state index in [9.17, 15) is 19.5 Å². The van der Waals surface area contributed by atoms with Crippen LogP contribution in [0, 0.1) is 5.92 Å². The molecule has 0 spiro atoms. The maximum Gasteiger partial charge on any atom is 0.411 e. The van der Waals surface area contributed by atoms with Gasteiger partial charge in [-0.1, -0.05) is 48.5 Å². The molecule has 1 fully saturated rings. The zero-order valence-corrected chi connectivity index (χ0v) is 19.2. The van der Waals surface area contributed by atoms with E-state index in [4.69, 9.17) is 4.74 Å². The molecule has 9 heteroatoms. The van der Waals surface area contributed by atoms with Crippen LogP contribution in [0.5, 0.6) is 0 Å². The summed E-state index contributed by atoms with van der Waals surface area (Å²) in [4.78, 5) is 36.5. The van der Waals surface area contributed by atoms with Crippen molar-refractivity contribution in [1.29, 1.82) is 0 Å². The van der Waals surface area contributed by atoms with Crippen molar-refractivity contribution in [3.63, 3.8) is 0 Å². The van der Waals surface area contributed by atoms with Crippen LogP contribution in [0.15, 0.2) is 60.9 Å². The molecule has 9 nitrogen and oxygen atoms in total. The number of carbonyl (C=O) groups excluding carboxylic acids is 2. The van der Waals surface area contributed by atoms with Gasteiger partial charge in [0.2, 0.25) is 5.91 Å². The van der Waals surface area contributed by atoms with Gasteiger partial charge < -0.3 is 15.2 Å². The van der Waals surface area contributed by atoms with Gasteiger partial charge in [0.1, 0.15) is 18.7 Å². The second-order valence-corrected chi connectivity index (χ2v) is 9.21. The number of carbonyl (C=O) groups is 3. The van der Waals surface area contributed by atoms with E-state index < -0.39 is 23.5 Å². The average molecular weight is 475 g/mol. The number of hydrogen-bond acceptors (Lipinski definition) is 5. The second-order valence-electron chi connectivity index (χ2n) is 9.21. The van der Waals surface area contributed by atoms with E-state index in [0.29, 0.717) is 5.69 Å². The van der Waals surface area contributed by atoms with Crippen molar-refractivity contribution in [2.75, 3.05) is 11.9 Å². The summed E-state index contributed by atoms with van der Waals surface area (Å²) in [5, 5.41) is 18.8. The number of amides is 2. The molecule has 1 saturated carbocycles. The Bertz CT molecular complexity index is 1250. The van der Waals surface area contributed by atoms with Gasteiger partial charge >= 0.3 is 12.1 Å². The Morgan fingerprint density at radius 2 is 1.71 bits per heavy atom. The maximum atomic E-state index is 12.5. The summed E-state index contributed by atoms with van der Waals surface area (Å²) in [5.74, 6) is -1.62. The SMILES string of the molecule is CC(NC(=O)Cn1cc(NC(=O)OCC2c3ccccc3-c3ccccc32)cn1)(C(=O)O)C1CC1. The molecular formula is C26H26N4O5. The number of aromatic nitrogens is 2. The number of fused-ring (bicyclic) bond motifs is 3. The Morgan fingerprint density at radius 1 is 1.09 bits per heavy atom. The summed E-state index contributed by atoms with van der Waals surface area (Å²) < 4.78 is 6.86. The van der Waals surface area contributed by atoms with Crippen LogP contribution >= 0.6 is 0 Å². The summed E-state index contributed by atoms with van der Waals surface area (Å²) in [7, 11) is 0. The van der Waals surface area contributed by atoms with Gasteiger partial charge in [-0.2, -0.15) is 5.10 Å². The Balaban J connectivity index is 1.17. The zero-order chi connectivity index (χ0) is 24.6. The first kappa shape index (κ1) is 22.6. The number of benzene rings is 2. The number of ether oxygens (including phenoxy) is 1. The van der Waals surface area contributed by atoms with Crippen molar-refractivity contribution in [3.8, 4) is 11.1 Å². The van der Waals surface area contributed by atoms with Crippen LogP contribution in [0.1, 0.15) is 36.8 Å². The standard InChI is InChI=1S/C26H26N4O5/c1-26(24(32)33,16-10-11-16)29-23(31)14-30-13-17(12-27-30)28-25(34)35-15-22-20-8-4-2-6-18(20)19-7-3-5-9-21(19)22/h2-9,12-13,16,22H,10-11,14-15H2,1H3,(H,28,34)(H,29,31)(H,32,33). The lowest BCUT2D eigenvalue weighted by Gasteiger charge is -2.26. The lowest BCUT2D eigenvalue weighted by atomic mass is 9.96. The first-order valence-corrected chi connectivity index (χ1v) is 11.5. The van der Waals surface area contributed by atoms with Gasteiger partial charge in [0.05, 0.1) is 11.9 Å². The van der Waals surface area contributed by atoms with E-state index in [1.165, 1.54) is 24.0 Å². The smallest absolute Gasteiger partial charge is 0.411 e. The lowest BCUT2D eigenvalue weighted by molar-refractivity contribution is -0.148. The summed E-state index contributed by atoms with van der Waals surface area (Å²) in [6.45, 7) is 1.55. The van der Waals surface area contributed by atoms with Crippen LogP contribution < -0.4 is 10.6 Å². The van der Waals surface area contributed by atoms with E-state index in [-0.39, 0.29) is 25.0 Å².